The van der Waals surface area contributed by atoms with Crippen molar-refractivity contribution in [2.75, 3.05) is 5.32 Å². The van der Waals surface area contributed by atoms with Crippen molar-refractivity contribution in [1.82, 2.24) is 19.6 Å². The number of aryl methyl sites for hydroxylation is 1. The molecule has 0 aliphatic heterocycles. The highest BCUT2D eigenvalue weighted by Crippen LogP contribution is 2.28. The van der Waals surface area contributed by atoms with Crippen LogP contribution in [0.5, 0.6) is 0 Å². The van der Waals surface area contributed by atoms with E-state index in [1.165, 1.54) is 36.3 Å². The predicted octanol–water partition coefficient (Wildman–Crippen LogP) is 3.08. The van der Waals surface area contributed by atoms with E-state index in [0.29, 0.717) is 18.3 Å². The lowest BCUT2D eigenvalue weighted by molar-refractivity contribution is -0.141. The Morgan fingerprint density at radius 1 is 1.23 bits per heavy atom. The Labute approximate surface area is 145 Å². The number of benzene rings is 1. The molecule has 0 aliphatic rings. The van der Waals surface area contributed by atoms with Crippen LogP contribution in [0.2, 0.25) is 0 Å². The lowest BCUT2D eigenvalue weighted by Crippen LogP contribution is -2.15. The average molecular weight is 367 g/mol. The maximum atomic E-state index is 12.9. The number of halogens is 4. The fourth-order valence-corrected chi connectivity index (χ4v) is 2.30. The maximum Gasteiger partial charge on any atom is 0.435 e. The number of anilines is 1. The predicted molar refractivity (Wildman–Crippen MR) is 83.9 cm³/mol. The molecule has 3 rings (SSSR count). The van der Waals surface area contributed by atoms with Crippen molar-refractivity contribution < 1.29 is 22.4 Å². The third-order valence-corrected chi connectivity index (χ3v) is 3.55. The second kappa shape index (κ2) is 6.62. The fourth-order valence-electron chi connectivity index (χ4n) is 2.30. The van der Waals surface area contributed by atoms with Crippen LogP contribution < -0.4 is 5.32 Å². The summed E-state index contributed by atoms with van der Waals surface area (Å²) < 4.78 is 53.3. The summed E-state index contributed by atoms with van der Waals surface area (Å²) in [6, 6.07) is 6.52. The van der Waals surface area contributed by atoms with Crippen molar-refractivity contribution in [1.29, 1.82) is 0 Å². The van der Waals surface area contributed by atoms with Gasteiger partial charge in [-0.1, -0.05) is 12.1 Å². The molecule has 2 aromatic heterocycles. The fraction of sp³-hybridized carbons (Fsp3) is 0.188. The van der Waals surface area contributed by atoms with Gasteiger partial charge in [0.1, 0.15) is 11.5 Å². The molecule has 1 aromatic carbocycles. The van der Waals surface area contributed by atoms with Crippen LogP contribution in [0.15, 0.2) is 42.7 Å². The molecular formula is C16H13F4N5O. The zero-order chi connectivity index (χ0) is 18.9. The highest BCUT2D eigenvalue weighted by Gasteiger charge is 2.35. The molecule has 1 N–H and O–H groups in total. The van der Waals surface area contributed by atoms with Crippen molar-refractivity contribution in [3.8, 4) is 0 Å². The lowest BCUT2D eigenvalue weighted by atomic mass is 10.2. The Hall–Kier alpha value is -3.17. The van der Waals surface area contributed by atoms with E-state index >= 15 is 0 Å². The zero-order valence-electron chi connectivity index (χ0n) is 13.5. The molecule has 0 bridgehead atoms. The zero-order valence-corrected chi connectivity index (χ0v) is 13.5. The number of alkyl halides is 3. The first-order valence-electron chi connectivity index (χ1n) is 7.42. The van der Waals surface area contributed by atoms with Gasteiger partial charge in [0.15, 0.2) is 5.69 Å². The molecule has 0 radical (unpaired) electrons. The molecule has 2 heterocycles. The second-order valence-electron chi connectivity index (χ2n) is 5.54. The van der Waals surface area contributed by atoms with Crippen molar-refractivity contribution in [2.45, 2.75) is 12.7 Å². The Morgan fingerprint density at radius 2 is 1.92 bits per heavy atom. The quantitative estimate of drug-likeness (QED) is 0.721. The molecule has 26 heavy (non-hydrogen) atoms. The maximum absolute atomic E-state index is 12.9. The normalized spacial score (nSPS) is 11.6. The highest BCUT2D eigenvalue weighted by atomic mass is 19.4. The van der Waals surface area contributed by atoms with Crippen LogP contribution in [0.1, 0.15) is 21.7 Å². The van der Waals surface area contributed by atoms with Crippen LogP contribution in [0.25, 0.3) is 0 Å². The number of amides is 1. The molecular weight excluding hydrogens is 354 g/mol. The minimum atomic E-state index is -4.63. The smallest absolute Gasteiger partial charge is 0.318 e. The van der Waals surface area contributed by atoms with Gasteiger partial charge in [-0.25, -0.2) is 4.39 Å². The summed E-state index contributed by atoms with van der Waals surface area (Å²) in [4.78, 5) is 12.2. The van der Waals surface area contributed by atoms with Gasteiger partial charge in [0, 0.05) is 19.3 Å². The summed E-state index contributed by atoms with van der Waals surface area (Å²) in [6.45, 7) is 0.347. The van der Waals surface area contributed by atoms with Crippen LogP contribution in [0, 0.1) is 5.82 Å². The molecule has 1 amide bonds. The van der Waals surface area contributed by atoms with E-state index in [1.54, 1.807) is 12.1 Å². The van der Waals surface area contributed by atoms with Gasteiger partial charge in [-0.2, -0.15) is 23.4 Å². The van der Waals surface area contributed by atoms with Gasteiger partial charge in [0.2, 0.25) is 0 Å². The van der Waals surface area contributed by atoms with E-state index in [2.05, 4.69) is 15.5 Å². The molecule has 0 saturated carbocycles. The standard InChI is InChI=1S/C16H13F4N5O/c1-24-13(6-14(23-24)16(18,19)20)15(26)22-12-7-21-25(9-12)8-10-2-4-11(17)5-3-10/h2-7,9H,8H2,1H3,(H,22,26). The summed E-state index contributed by atoms with van der Waals surface area (Å²) in [5, 5.41) is 9.81. The van der Waals surface area contributed by atoms with E-state index in [4.69, 9.17) is 0 Å². The first-order chi connectivity index (χ1) is 12.2. The van der Waals surface area contributed by atoms with Crippen molar-refractivity contribution >= 4 is 11.6 Å². The van der Waals surface area contributed by atoms with E-state index in [1.807, 2.05) is 0 Å². The van der Waals surface area contributed by atoms with Crippen LogP contribution >= 0.6 is 0 Å². The third kappa shape index (κ3) is 3.90. The topological polar surface area (TPSA) is 64.7 Å². The van der Waals surface area contributed by atoms with Gasteiger partial charge >= 0.3 is 6.18 Å². The summed E-state index contributed by atoms with van der Waals surface area (Å²) in [5.74, 6) is -1.09. The van der Waals surface area contributed by atoms with Gasteiger partial charge in [-0.3, -0.25) is 14.2 Å². The largest absolute Gasteiger partial charge is 0.435 e. The number of carbonyl (C=O) groups excluding carboxylic acids is 1. The molecule has 3 aromatic rings. The summed E-state index contributed by atoms with van der Waals surface area (Å²) in [6.07, 6.45) is -1.75. The van der Waals surface area contributed by atoms with Gasteiger partial charge in [0.25, 0.3) is 5.91 Å². The van der Waals surface area contributed by atoms with Crippen molar-refractivity contribution in [3.05, 3.63) is 65.5 Å². The third-order valence-electron chi connectivity index (χ3n) is 3.55. The van der Waals surface area contributed by atoms with Gasteiger partial charge in [-0.05, 0) is 17.7 Å². The molecule has 0 fully saturated rings. The minimum absolute atomic E-state index is 0.233. The molecule has 0 atom stereocenters. The van der Waals surface area contributed by atoms with Gasteiger partial charge in [0.05, 0.1) is 18.4 Å². The summed E-state index contributed by atoms with van der Waals surface area (Å²) in [5.41, 5.74) is -0.263. The molecule has 10 heteroatoms. The number of rotatable bonds is 4. The van der Waals surface area contributed by atoms with Crippen LogP contribution in [0.3, 0.4) is 0 Å². The number of nitrogens with zero attached hydrogens (tertiary/aromatic N) is 4. The SMILES string of the molecule is Cn1nc(C(F)(F)F)cc1C(=O)Nc1cnn(Cc2ccc(F)cc2)c1. The van der Waals surface area contributed by atoms with Gasteiger partial charge in [-0.15, -0.1) is 0 Å². The first kappa shape index (κ1) is 17.6. The molecule has 6 nitrogen and oxygen atoms in total. The number of carbonyl (C=O) groups is 1. The molecule has 0 saturated heterocycles. The van der Waals surface area contributed by atoms with Crippen molar-refractivity contribution in [3.63, 3.8) is 0 Å². The Morgan fingerprint density at radius 3 is 2.54 bits per heavy atom. The molecule has 0 aliphatic carbocycles. The number of hydrogen-bond acceptors (Lipinski definition) is 3. The second-order valence-corrected chi connectivity index (χ2v) is 5.54. The number of aromatic nitrogens is 4. The van der Waals surface area contributed by atoms with Crippen LogP contribution in [-0.4, -0.2) is 25.5 Å². The highest BCUT2D eigenvalue weighted by molar-refractivity contribution is 6.03. The first-order valence-corrected chi connectivity index (χ1v) is 7.42. The van der Waals surface area contributed by atoms with E-state index in [9.17, 15) is 22.4 Å². The van der Waals surface area contributed by atoms with Gasteiger partial charge < -0.3 is 5.32 Å². The van der Waals surface area contributed by atoms with E-state index in [-0.39, 0.29) is 11.5 Å². The molecule has 0 spiro atoms. The molecule has 0 unspecified atom stereocenters. The Balaban J connectivity index is 1.70. The lowest BCUT2D eigenvalue weighted by Gasteiger charge is -2.03. The monoisotopic (exact) mass is 367 g/mol. The Bertz CT molecular complexity index is 927. The van der Waals surface area contributed by atoms with Crippen molar-refractivity contribution in [2.24, 2.45) is 7.05 Å². The van der Waals surface area contributed by atoms with Crippen LogP contribution in [-0.2, 0) is 19.8 Å². The van der Waals surface area contributed by atoms with E-state index < -0.39 is 17.8 Å². The van der Waals surface area contributed by atoms with E-state index in [0.717, 1.165) is 10.2 Å². The summed E-state index contributed by atoms with van der Waals surface area (Å²) >= 11 is 0. The number of hydrogen-bond donors (Lipinski definition) is 1. The summed E-state index contributed by atoms with van der Waals surface area (Å²) in [7, 11) is 1.25. The van der Waals surface area contributed by atoms with Crippen LogP contribution in [0.4, 0.5) is 23.2 Å². The Kier molecular flexibility index (Phi) is 4.49. The molecule has 136 valence electrons. The average Bonchev–Trinajstić information content (AvgIpc) is 3.16. The number of nitrogens with one attached hydrogen (secondary N) is 1. The minimum Gasteiger partial charge on any atom is -0.318 e.